The second kappa shape index (κ2) is 6.49. The zero-order valence-electron chi connectivity index (χ0n) is 13.6. The fourth-order valence-corrected chi connectivity index (χ4v) is 2.26. The van der Waals surface area contributed by atoms with Gasteiger partial charge in [0, 0.05) is 11.8 Å². The zero-order valence-corrected chi connectivity index (χ0v) is 13.6. The molecular formula is C17H16N4O3. The molecule has 0 atom stereocenters. The third-order valence-electron chi connectivity index (χ3n) is 3.35. The third-order valence-corrected chi connectivity index (χ3v) is 3.35. The highest BCUT2D eigenvalue weighted by molar-refractivity contribution is 5.89. The quantitative estimate of drug-likeness (QED) is 0.687. The molecule has 0 aliphatic heterocycles. The Morgan fingerprint density at radius 1 is 1.08 bits per heavy atom. The molecule has 0 N–H and O–H groups in total. The lowest BCUT2D eigenvalue weighted by atomic mass is 10.2. The van der Waals surface area contributed by atoms with Crippen LogP contribution in [0, 0.1) is 13.8 Å². The zero-order chi connectivity index (χ0) is 17.1. The smallest absolute Gasteiger partial charge is 0.337 e. The van der Waals surface area contributed by atoms with E-state index in [1.165, 1.54) is 13.4 Å². The summed E-state index contributed by atoms with van der Waals surface area (Å²) in [4.78, 5) is 19.8. The van der Waals surface area contributed by atoms with Crippen LogP contribution in [0.5, 0.6) is 11.6 Å². The number of hydrogen-bond donors (Lipinski definition) is 0. The molecule has 0 fully saturated rings. The van der Waals surface area contributed by atoms with Crippen molar-refractivity contribution in [2.75, 3.05) is 7.11 Å². The molecule has 0 spiro atoms. The van der Waals surface area contributed by atoms with Gasteiger partial charge in [0.2, 0.25) is 5.88 Å². The second-order valence-electron chi connectivity index (χ2n) is 5.17. The van der Waals surface area contributed by atoms with Gasteiger partial charge in [-0.15, -0.1) is 0 Å². The summed E-state index contributed by atoms with van der Waals surface area (Å²) in [6.07, 6.45) is 1.42. The van der Waals surface area contributed by atoms with Gasteiger partial charge in [-0.25, -0.2) is 19.4 Å². The summed E-state index contributed by atoms with van der Waals surface area (Å²) in [6.45, 7) is 3.87. The average Bonchev–Trinajstić information content (AvgIpc) is 2.93. The lowest BCUT2D eigenvalue weighted by molar-refractivity contribution is 0.0600. The Labute approximate surface area is 138 Å². The van der Waals surface area contributed by atoms with Gasteiger partial charge in [-0.2, -0.15) is 5.10 Å². The van der Waals surface area contributed by atoms with Crippen LogP contribution in [0.2, 0.25) is 0 Å². The van der Waals surface area contributed by atoms with E-state index in [0.29, 0.717) is 23.0 Å². The summed E-state index contributed by atoms with van der Waals surface area (Å²) in [5, 5.41) is 4.39. The molecule has 122 valence electrons. The summed E-state index contributed by atoms with van der Waals surface area (Å²) in [5.74, 6) is 1.17. The summed E-state index contributed by atoms with van der Waals surface area (Å²) in [7, 11) is 1.34. The van der Waals surface area contributed by atoms with E-state index in [9.17, 15) is 4.79 Å². The van der Waals surface area contributed by atoms with Crippen LogP contribution in [0.4, 0.5) is 0 Å². The molecule has 7 nitrogen and oxygen atoms in total. The van der Waals surface area contributed by atoms with Crippen molar-refractivity contribution < 1.29 is 14.3 Å². The fourth-order valence-electron chi connectivity index (χ4n) is 2.26. The minimum Gasteiger partial charge on any atom is -0.465 e. The van der Waals surface area contributed by atoms with E-state index in [1.807, 2.05) is 19.9 Å². The predicted molar refractivity (Wildman–Crippen MR) is 86.5 cm³/mol. The number of hydrogen-bond acceptors (Lipinski definition) is 6. The largest absolute Gasteiger partial charge is 0.465 e. The maximum absolute atomic E-state index is 11.4. The number of methoxy groups -OCH3 is 1. The molecule has 2 heterocycles. The number of nitrogens with zero attached hydrogens (tertiary/aromatic N) is 4. The molecule has 3 aromatic rings. The van der Waals surface area contributed by atoms with Crippen molar-refractivity contribution in [1.82, 2.24) is 19.7 Å². The lowest BCUT2D eigenvalue weighted by Crippen LogP contribution is -2.03. The molecule has 0 bridgehead atoms. The van der Waals surface area contributed by atoms with E-state index < -0.39 is 5.97 Å². The van der Waals surface area contributed by atoms with Gasteiger partial charge in [0.05, 0.1) is 18.4 Å². The highest BCUT2D eigenvalue weighted by atomic mass is 16.5. The number of rotatable bonds is 4. The van der Waals surface area contributed by atoms with Crippen LogP contribution >= 0.6 is 0 Å². The van der Waals surface area contributed by atoms with Crippen LogP contribution in [-0.4, -0.2) is 32.8 Å². The van der Waals surface area contributed by atoms with Crippen LogP contribution in [0.25, 0.3) is 5.82 Å². The first kappa shape index (κ1) is 15.7. The Morgan fingerprint density at radius 2 is 1.83 bits per heavy atom. The summed E-state index contributed by atoms with van der Waals surface area (Å²) in [6, 6.07) is 10.3. The molecule has 0 aliphatic carbocycles. The molecule has 7 heteroatoms. The van der Waals surface area contributed by atoms with E-state index in [-0.39, 0.29) is 0 Å². The molecule has 0 amide bonds. The molecule has 2 aromatic heterocycles. The van der Waals surface area contributed by atoms with Crippen LogP contribution < -0.4 is 4.74 Å². The monoisotopic (exact) mass is 324 g/mol. The number of carbonyl (C=O) groups excluding carboxylic acids is 1. The van der Waals surface area contributed by atoms with Crippen molar-refractivity contribution in [2.24, 2.45) is 0 Å². The fraction of sp³-hybridized carbons (Fsp3) is 0.176. The maximum atomic E-state index is 11.4. The SMILES string of the molecule is COC(=O)c1ccc(Oc2cc(-n3nc(C)cc3C)ncn2)cc1. The normalized spacial score (nSPS) is 10.5. The van der Waals surface area contributed by atoms with E-state index in [2.05, 4.69) is 19.8 Å². The van der Waals surface area contributed by atoms with Crippen LogP contribution in [0.1, 0.15) is 21.7 Å². The van der Waals surface area contributed by atoms with Gasteiger partial charge in [0.25, 0.3) is 0 Å². The first-order chi connectivity index (χ1) is 11.6. The Kier molecular flexibility index (Phi) is 4.24. The minimum atomic E-state index is -0.393. The summed E-state index contributed by atoms with van der Waals surface area (Å²) >= 11 is 0. The van der Waals surface area contributed by atoms with E-state index in [0.717, 1.165) is 11.4 Å². The Bertz CT molecular complexity index is 872. The number of aryl methyl sites for hydroxylation is 2. The van der Waals surface area contributed by atoms with Gasteiger partial charge in [-0.1, -0.05) is 0 Å². The molecule has 0 saturated heterocycles. The van der Waals surface area contributed by atoms with Gasteiger partial charge in [-0.05, 0) is 44.2 Å². The number of ether oxygens (including phenoxy) is 2. The highest BCUT2D eigenvalue weighted by Crippen LogP contribution is 2.21. The first-order valence-electron chi connectivity index (χ1n) is 7.29. The molecule has 0 saturated carbocycles. The van der Waals surface area contributed by atoms with Crippen molar-refractivity contribution in [1.29, 1.82) is 0 Å². The molecule has 0 aliphatic rings. The van der Waals surface area contributed by atoms with E-state index in [1.54, 1.807) is 35.0 Å². The molecule has 1 aromatic carbocycles. The van der Waals surface area contributed by atoms with Crippen molar-refractivity contribution >= 4 is 5.97 Å². The topological polar surface area (TPSA) is 79.1 Å². The molecule has 3 rings (SSSR count). The first-order valence-corrected chi connectivity index (χ1v) is 7.29. The van der Waals surface area contributed by atoms with Crippen molar-refractivity contribution in [2.45, 2.75) is 13.8 Å². The minimum absolute atomic E-state index is 0.387. The van der Waals surface area contributed by atoms with E-state index in [4.69, 9.17) is 4.74 Å². The lowest BCUT2D eigenvalue weighted by Gasteiger charge is -2.07. The summed E-state index contributed by atoms with van der Waals surface area (Å²) < 4.78 is 12.1. The maximum Gasteiger partial charge on any atom is 0.337 e. The molecule has 24 heavy (non-hydrogen) atoms. The van der Waals surface area contributed by atoms with Gasteiger partial charge < -0.3 is 9.47 Å². The van der Waals surface area contributed by atoms with Crippen molar-refractivity contribution in [3.8, 4) is 17.4 Å². The second-order valence-corrected chi connectivity index (χ2v) is 5.17. The molecule has 0 radical (unpaired) electrons. The third kappa shape index (κ3) is 3.24. The Balaban J connectivity index is 1.82. The Morgan fingerprint density at radius 3 is 2.46 bits per heavy atom. The molecule has 0 unspecified atom stereocenters. The standard InChI is InChI=1S/C17H16N4O3/c1-11-8-12(2)21(20-11)15-9-16(19-10-18-15)24-14-6-4-13(5-7-14)17(22)23-3/h4-10H,1-3H3. The van der Waals surface area contributed by atoms with Gasteiger partial charge in [-0.3, -0.25) is 0 Å². The number of benzene rings is 1. The van der Waals surface area contributed by atoms with Crippen molar-refractivity contribution in [3.05, 3.63) is 59.7 Å². The number of aromatic nitrogens is 4. The predicted octanol–water partition coefficient (Wildman–Crippen LogP) is 2.86. The van der Waals surface area contributed by atoms with Gasteiger partial charge in [0.15, 0.2) is 5.82 Å². The average molecular weight is 324 g/mol. The molecular weight excluding hydrogens is 308 g/mol. The van der Waals surface area contributed by atoms with E-state index >= 15 is 0 Å². The highest BCUT2D eigenvalue weighted by Gasteiger charge is 2.09. The van der Waals surface area contributed by atoms with Crippen LogP contribution in [0.3, 0.4) is 0 Å². The number of esters is 1. The Hall–Kier alpha value is -3.22. The van der Waals surface area contributed by atoms with Crippen LogP contribution in [0.15, 0.2) is 42.7 Å². The van der Waals surface area contributed by atoms with Crippen molar-refractivity contribution in [3.63, 3.8) is 0 Å². The van der Waals surface area contributed by atoms with Gasteiger partial charge in [0.1, 0.15) is 12.1 Å². The number of carbonyl (C=O) groups is 1. The summed E-state index contributed by atoms with van der Waals surface area (Å²) in [5.41, 5.74) is 2.34. The van der Waals surface area contributed by atoms with Crippen LogP contribution in [-0.2, 0) is 4.74 Å². The van der Waals surface area contributed by atoms with Gasteiger partial charge >= 0.3 is 5.97 Å².